The van der Waals surface area contributed by atoms with Crippen LogP contribution >= 0.6 is 0 Å². The van der Waals surface area contributed by atoms with E-state index in [-0.39, 0.29) is 18.6 Å². The van der Waals surface area contributed by atoms with E-state index >= 15 is 0 Å². The van der Waals surface area contributed by atoms with Gasteiger partial charge in [0.25, 0.3) is 0 Å². The summed E-state index contributed by atoms with van der Waals surface area (Å²) in [5.74, 6) is -0.404. The minimum absolute atomic E-state index is 0.0116. The lowest BCUT2D eigenvalue weighted by molar-refractivity contribution is -0.147. The number of amides is 1. The smallest absolute Gasteiger partial charge is 0.329 e. The largest absolute Gasteiger partial charge is 0.480 e. The average Bonchev–Trinajstić information content (AvgIpc) is 2.45. The van der Waals surface area contributed by atoms with Gasteiger partial charge in [0, 0.05) is 19.0 Å². The molecule has 1 N–H and O–H groups in total. The van der Waals surface area contributed by atoms with Gasteiger partial charge in [-0.1, -0.05) is 32.1 Å². The molecule has 2 rings (SSSR count). The van der Waals surface area contributed by atoms with Crippen molar-refractivity contribution in [3.8, 4) is 0 Å². The third-order valence-electron chi connectivity index (χ3n) is 4.65. The minimum atomic E-state index is -0.928. The number of ether oxygens (including phenoxy) is 1. The Hall–Kier alpha value is -1.10. The molecule has 0 atom stereocenters. The second kappa shape index (κ2) is 8.37. The highest BCUT2D eigenvalue weighted by molar-refractivity contribution is 5.79. The fourth-order valence-corrected chi connectivity index (χ4v) is 3.39. The molecule has 1 aliphatic heterocycles. The maximum absolute atomic E-state index is 12.6. The van der Waals surface area contributed by atoms with Crippen molar-refractivity contribution in [2.24, 2.45) is 5.92 Å². The lowest BCUT2D eigenvalue weighted by atomic mass is 9.89. The Morgan fingerprint density at radius 3 is 2.10 bits per heavy atom. The van der Waals surface area contributed by atoms with Gasteiger partial charge in [-0.2, -0.15) is 0 Å². The molecule has 0 spiro atoms. The number of hydrogen-bond acceptors (Lipinski definition) is 3. The van der Waals surface area contributed by atoms with Crippen LogP contribution in [-0.2, 0) is 14.3 Å². The Morgan fingerprint density at radius 1 is 0.952 bits per heavy atom. The zero-order chi connectivity index (χ0) is 15.1. The first-order valence-electron chi connectivity index (χ1n) is 8.29. The van der Waals surface area contributed by atoms with Gasteiger partial charge in [0.2, 0.25) is 5.91 Å². The fraction of sp³-hybridized carbons (Fsp3) is 0.875. The van der Waals surface area contributed by atoms with Crippen molar-refractivity contribution in [2.75, 3.05) is 19.7 Å². The van der Waals surface area contributed by atoms with Crippen molar-refractivity contribution in [1.29, 1.82) is 0 Å². The van der Waals surface area contributed by atoms with Crippen LogP contribution in [0.4, 0.5) is 0 Å². The third kappa shape index (κ3) is 5.30. The van der Waals surface area contributed by atoms with E-state index in [0.29, 0.717) is 19.0 Å². The van der Waals surface area contributed by atoms with Crippen LogP contribution in [0.2, 0.25) is 0 Å². The van der Waals surface area contributed by atoms with Gasteiger partial charge in [-0.25, -0.2) is 4.79 Å². The lowest BCUT2D eigenvalue weighted by Crippen LogP contribution is -2.44. The standard InChI is InChI=1S/C16H27NO4/c18-15(19)12-21-14-8-10-17(11-9-14)16(20)13-6-4-2-1-3-5-7-13/h13-14H,1-12H2,(H,18,19). The van der Waals surface area contributed by atoms with E-state index < -0.39 is 5.97 Å². The Bertz CT molecular complexity index is 342. The zero-order valence-electron chi connectivity index (χ0n) is 12.8. The van der Waals surface area contributed by atoms with Crippen molar-refractivity contribution in [1.82, 2.24) is 4.90 Å². The first-order valence-corrected chi connectivity index (χ1v) is 8.29. The van der Waals surface area contributed by atoms with Crippen molar-refractivity contribution in [3.63, 3.8) is 0 Å². The van der Waals surface area contributed by atoms with Gasteiger partial charge in [0.1, 0.15) is 6.61 Å². The summed E-state index contributed by atoms with van der Waals surface area (Å²) in [6.07, 6.45) is 9.75. The van der Waals surface area contributed by atoms with Crippen LogP contribution in [0.5, 0.6) is 0 Å². The number of likely N-dealkylation sites (tertiary alicyclic amines) is 1. The number of carboxylic acid groups (broad SMARTS) is 1. The minimum Gasteiger partial charge on any atom is -0.480 e. The quantitative estimate of drug-likeness (QED) is 0.865. The molecule has 21 heavy (non-hydrogen) atoms. The van der Waals surface area contributed by atoms with Gasteiger partial charge in [0.05, 0.1) is 6.10 Å². The summed E-state index contributed by atoms with van der Waals surface area (Å²) in [7, 11) is 0. The maximum atomic E-state index is 12.6. The topological polar surface area (TPSA) is 66.8 Å². The summed E-state index contributed by atoms with van der Waals surface area (Å²) >= 11 is 0. The third-order valence-corrected chi connectivity index (χ3v) is 4.65. The summed E-state index contributed by atoms with van der Waals surface area (Å²) in [6.45, 7) is 1.18. The van der Waals surface area contributed by atoms with E-state index in [9.17, 15) is 9.59 Å². The molecule has 120 valence electrons. The van der Waals surface area contributed by atoms with Crippen molar-refractivity contribution in [2.45, 2.75) is 63.9 Å². The number of carboxylic acids is 1. The van der Waals surface area contributed by atoms with Crippen molar-refractivity contribution in [3.05, 3.63) is 0 Å². The van der Waals surface area contributed by atoms with Crippen LogP contribution in [0, 0.1) is 5.92 Å². The highest BCUT2D eigenvalue weighted by atomic mass is 16.5. The molecule has 1 aliphatic carbocycles. The number of hydrogen-bond donors (Lipinski definition) is 1. The number of rotatable bonds is 4. The highest BCUT2D eigenvalue weighted by Gasteiger charge is 2.28. The van der Waals surface area contributed by atoms with Crippen LogP contribution in [0.25, 0.3) is 0 Å². The van der Waals surface area contributed by atoms with Crippen molar-refractivity contribution < 1.29 is 19.4 Å². The van der Waals surface area contributed by atoms with Gasteiger partial charge < -0.3 is 14.7 Å². The summed E-state index contributed by atoms with van der Waals surface area (Å²) in [6, 6.07) is 0. The van der Waals surface area contributed by atoms with Crippen LogP contribution in [0.1, 0.15) is 57.8 Å². The average molecular weight is 297 g/mol. The second-order valence-corrected chi connectivity index (χ2v) is 6.27. The molecule has 1 amide bonds. The zero-order valence-corrected chi connectivity index (χ0v) is 12.8. The molecular weight excluding hydrogens is 270 g/mol. The highest BCUT2D eigenvalue weighted by Crippen LogP contribution is 2.25. The molecule has 2 aliphatic rings. The summed E-state index contributed by atoms with van der Waals surface area (Å²) in [5, 5.41) is 8.61. The number of nitrogens with zero attached hydrogens (tertiary/aromatic N) is 1. The van der Waals surface area contributed by atoms with E-state index in [0.717, 1.165) is 25.7 Å². The summed E-state index contributed by atoms with van der Waals surface area (Å²) < 4.78 is 5.32. The molecule has 5 heteroatoms. The molecule has 0 bridgehead atoms. The molecule has 2 fully saturated rings. The molecular formula is C16H27NO4. The molecule has 0 aromatic rings. The first kappa shape index (κ1) is 16.3. The van der Waals surface area contributed by atoms with Gasteiger partial charge in [-0.05, 0) is 25.7 Å². The second-order valence-electron chi connectivity index (χ2n) is 6.27. The van der Waals surface area contributed by atoms with Gasteiger partial charge in [-0.3, -0.25) is 4.79 Å². The Morgan fingerprint density at radius 2 is 1.52 bits per heavy atom. The number of piperidine rings is 1. The summed E-state index contributed by atoms with van der Waals surface area (Å²) in [4.78, 5) is 25.0. The molecule has 0 aromatic heterocycles. The lowest BCUT2D eigenvalue weighted by Gasteiger charge is -2.34. The van der Waals surface area contributed by atoms with Crippen molar-refractivity contribution >= 4 is 11.9 Å². The van der Waals surface area contributed by atoms with Gasteiger partial charge in [-0.15, -0.1) is 0 Å². The predicted octanol–water partition coefficient (Wildman–Crippen LogP) is 2.44. The van der Waals surface area contributed by atoms with E-state index in [1.807, 2.05) is 4.90 Å². The van der Waals surface area contributed by atoms with E-state index in [4.69, 9.17) is 9.84 Å². The van der Waals surface area contributed by atoms with Crippen LogP contribution in [0.3, 0.4) is 0 Å². The number of carbonyl (C=O) groups is 2. The molecule has 5 nitrogen and oxygen atoms in total. The Balaban J connectivity index is 1.75. The summed E-state index contributed by atoms with van der Waals surface area (Å²) in [5.41, 5.74) is 0. The molecule has 0 unspecified atom stereocenters. The first-order chi connectivity index (χ1) is 10.2. The monoisotopic (exact) mass is 297 g/mol. The molecule has 1 saturated heterocycles. The van der Waals surface area contributed by atoms with Crippen LogP contribution in [0.15, 0.2) is 0 Å². The normalized spacial score (nSPS) is 22.6. The molecule has 0 aromatic carbocycles. The van der Waals surface area contributed by atoms with E-state index in [1.54, 1.807) is 0 Å². The Kier molecular flexibility index (Phi) is 6.49. The van der Waals surface area contributed by atoms with Crippen LogP contribution < -0.4 is 0 Å². The molecule has 0 radical (unpaired) electrons. The van der Waals surface area contributed by atoms with E-state index in [1.165, 1.54) is 32.1 Å². The predicted molar refractivity (Wildman–Crippen MR) is 79.0 cm³/mol. The molecule has 1 saturated carbocycles. The SMILES string of the molecule is O=C(O)COC1CCN(C(=O)C2CCCCCCC2)CC1. The fourth-order valence-electron chi connectivity index (χ4n) is 3.39. The maximum Gasteiger partial charge on any atom is 0.329 e. The number of aliphatic carboxylic acids is 1. The van der Waals surface area contributed by atoms with E-state index in [2.05, 4.69) is 0 Å². The molecule has 1 heterocycles. The number of carbonyl (C=O) groups excluding carboxylic acids is 1. The van der Waals surface area contributed by atoms with Gasteiger partial charge in [0.15, 0.2) is 0 Å². The Labute approximate surface area is 126 Å². The van der Waals surface area contributed by atoms with Gasteiger partial charge >= 0.3 is 5.97 Å². The van der Waals surface area contributed by atoms with Crippen LogP contribution in [-0.4, -0.2) is 47.7 Å².